The van der Waals surface area contributed by atoms with Gasteiger partial charge in [-0.1, -0.05) is 12.1 Å². The van der Waals surface area contributed by atoms with E-state index in [1.165, 1.54) is 0 Å². The third kappa shape index (κ3) is 6.82. The first-order valence-corrected chi connectivity index (χ1v) is 6.45. The van der Waals surface area contributed by atoms with Crippen LogP contribution in [0.25, 0.3) is 0 Å². The van der Waals surface area contributed by atoms with Crippen molar-refractivity contribution >= 4 is 5.97 Å². The summed E-state index contributed by atoms with van der Waals surface area (Å²) in [7, 11) is 0. The van der Waals surface area contributed by atoms with Crippen LogP contribution in [0.2, 0.25) is 0 Å². The number of hydrogen-bond donors (Lipinski definition) is 1. The Bertz CT molecular complexity index is 404. The van der Waals surface area contributed by atoms with Gasteiger partial charge < -0.3 is 15.2 Å². The quantitative estimate of drug-likeness (QED) is 0.830. The molecule has 106 valence electrons. The zero-order chi connectivity index (χ0) is 14.5. The van der Waals surface area contributed by atoms with E-state index in [9.17, 15) is 4.79 Å². The van der Waals surface area contributed by atoms with Gasteiger partial charge >= 0.3 is 5.97 Å². The largest absolute Gasteiger partial charge is 0.482 e. The summed E-state index contributed by atoms with van der Waals surface area (Å²) in [5.74, 6) is 0.284. The highest BCUT2D eigenvalue weighted by atomic mass is 16.6. The van der Waals surface area contributed by atoms with Gasteiger partial charge in [-0.05, 0) is 51.8 Å². The number of esters is 1. The van der Waals surface area contributed by atoms with Crippen molar-refractivity contribution in [3.05, 3.63) is 29.8 Å². The van der Waals surface area contributed by atoms with Crippen LogP contribution >= 0.6 is 0 Å². The highest BCUT2D eigenvalue weighted by molar-refractivity contribution is 5.71. The standard InChI is InChI=1S/C15H23NO3/c1-11(16)9-12-5-7-13(8-6-12)18-10-14(17)19-15(2,3)4/h5-8,11H,9-10,16H2,1-4H3. The third-order valence-electron chi connectivity index (χ3n) is 2.26. The number of hydrogen-bond acceptors (Lipinski definition) is 4. The van der Waals surface area contributed by atoms with Gasteiger partial charge in [-0.2, -0.15) is 0 Å². The topological polar surface area (TPSA) is 61.5 Å². The first-order valence-electron chi connectivity index (χ1n) is 6.45. The normalized spacial score (nSPS) is 12.9. The summed E-state index contributed by atoms with van der Waals surface area (Å²) in [6.45, 7) is 7.37. The number of carbonyl (C=O) groups is 1. The molecule has 0 bridgehead atoms. The molecule has 0 fully saturated rings. The van der Waals surface area contributed by atoms with E-state index < -0.39 is 5.60 Å². The Hall–Kier alpha value is -1.55. The fourth-order valence-corrected chi connectivity index (χ4v) is 1.61. The molecule has 0 spiro atoms. The molecule has 1 rings (SSSR count). The zero-order valence-electron chi connectivity index (χ0n) is 12.1. The molecule has 4 nitrogen and oxygen atoms in total. The summed E-state index contributed by atoms with van der Waals surface area (Å²) in [4.78, 5) is 11.5. The minimum absolute atomic E-state index is 0.0795. The van der Waals surface area contributed by atoms with Crippen LogP contribution in [0.1, 0.15) is 33.3 Å². The summed E-state index contributed by atoms with van der Waals surface area (Å²) < 4.78 is 10.5. The second-order valence-electron chi connectivity index (χ2n) is 5.70. The number of ether oxygens (including phenoxy) is 2. The predicted octanol–water partition coefficient (Wildman–Crippen LogP) is 2.30. The first-order chi connectivity index (χ1) is 8.76. The first kappa shape index (κ1) is 15.5. The molecule has 0 saturated carbocycles. The minimum Gasteiger partial charge on any atom is -0.482 e. The molecular formula is C15H23NO3. The fraction of sp³-hybridized carbons (Fsp3) is 0.533. The summed E-state index contributed by atoms with van der Waals surface area (Å²) in [6, 6.07) is 7.71. The molecule has 19 heavy (non-hydrogen) atoms. The maximum Gasteiger partial charge on any atom is 0.344 e. The van der Waals surface area contributed by atoms with Crippen LogP contribution in [0.5, 0.6) is 5.75 Å². The van der Waals surface area contributed by atoms with E-state index in [2.05, 4.69) is 0 Å². The van der Waals surface area contributed by atoms with E-state index in [0.717, 1.165) is 12.0 Å². The molecule has 0 heterocycles. The Kier molecular flexibility index (Phi) is 5.36. The highest BCUT2D eigenvalue weighted by Crippen LogP contribution is 2.14. The van der Waals surface area contributed by atoms with Crippen molar-refractivity contribution in [3.63, 3.8) is 0 Å². The molecule has 0 amide bonds. The van der Waals surface area contributed by atoms with Crippen LogP contribution in [-0.4, -0.2) is 24.2 Å². The number of benzene rings is 1. The van der Waals surface area contributed by atoms with Gasteiger partial charge in [0.15, 0.2) is 6.61 Å². The third-order valence-corrected chi connectivity index (χ3v) is 2.26. The van der Waals surface area contributed by atoms with E-state index in [0.29, 0.717) is 5.75 Å². The van der Waals surface area contributed by atoms with Gasteiger partial charge in [-0.3, -0.25) is 0 Å². The van der Waals surface area contributed by atoms with Crippen molar-refractivity contribution in [2.45, 2.75) is 45.8 Å². The molecule has 0 aliphatic carbocycles. The molecule has 4 heteroatoms. The molecular weight excluding hydrogens is 242 g/mol. The van der Waals surface area contributed by atoms with Gasteiger partial charge in [-0.25, -0.2) is 4.79 Å². The lowest BCUT2D eigenvalue weighted by Crippen LogP contribution is -2.27. The molecule has 1 atom stereocenters. The van der Waals surface area contributed by atoms with Crippen molar-refractivity contribution in [2.24, 2.45) is 5.73 Å². The molecule has 2 N–H and O–H groups in total. The molecule has 1 unspecified atom stereocenters. The van der Waals surface area contributed by atoms with Crippen molar-refractivity contribution in [2.75, 3.05) is 6.61 Å². The van der Waals surface area contributed by atoms with Gasteiger partial charge in [-0.15, -0.1) is 0 Å². The molecule has 1 aromatic carbocycles. The molecule has 0 aliphatic rings. The van der Waals surface area contributed by atoms with Gasteiger partial charge in [0.05, 0.1) is 0 Å². The Balaban J connectivity index is 2.44. The Morgan fingerprint density at radius 2 is 1.84 bits per heavy atom. The summed E-state index contributed by atoms with van der Waals surface area (Å²) in [5.41, 5.74) is 6.40. The highest BCUT2D eigenvalue weighted by Gasteiger charge is 2.16. The lowest BCUT2D eigenvalue weighted by Gasteiger charge is -2.19. The van der Waals surface area contributed by atoms with Crippen molar-refractivity contribution < 1.29 is 14.3 Å². The van der Waals surface area contributed by atoms with E-state index in [4.69, 9.17) is 15.2 Å². The number of carbonyl (C=O) groups excluding carboxylic acids is 1. The monoisotopic (exact) mass is 265 g/mol. The van der Waals surface area contributed by atoms with E-state index >= 15 is 0 Å². The van der Waals surface area contributed by atoms with Gasteiger partial charge in [0, 0.05) is 6.04 Å². The van der Waals surface area contributed by atoms with Crippen molar-refractivity contribution in [3.8, 4) is 5.75 Å². The summed E-state index contributed by atoms with van der Waals surface area (Å²) >= 11 is 0. The van der Waals surface area contributed by atoms with Crippen LogP contribution in [-0.2, 0) is 16.0 Å². The Labute approximate surface area is 114 Å². The van der Waals surface area contributed by atoms with Crippen LogP contribution in [0.15, 0.2) is 24.3 Å². The Morgan fingerprint density at radius 3 is 2.32 bits per heavy atom. The summed E-state index contributed by atoms with van der Waals surface area (Å²) in [5, 5.41) is 0. The van der Waals surface area contributed by atoms with E-state index in [1.807, 2.05) is 52.0 Å². The van der Waals surface area contributed by atoms with Gasteiger partial charge in [0.2, 0.25) is 0 Å². The van der Waals surface area contributed by atoms with Crippen molar-refractivity contribution in [1.29, 1.82) is 0 Å². The maximum absolute atomic E-state index is 11.5. The van der Waals surface area contributed by atoms with E-state index in [1.54, 1.807) is 0 Å². The SMILES string of the molecule is CC(N)Cc1ccc(OCC(=O)OC(C)(C)C)cc1. The predicted molar refractivity (Wildman–Crippen MR) is 75.1 cm³/mol. The zero-order valence-corrected chi connectivity index (χ0v) is 12.1. The lowest BCUT2D eigenvalue weighted by molar-refractivity contribution is -0.157. The molecule has 1 aromatic rings. The van der Waals surface area contributed by atoms with Crippen LogP contribution in [0, 0.1) is 0 Å². The molecule has 0 radical (unpaired) electrons. The minimum atomic E-state index is -0.485. The second kappa shape index (κ2) is 6.57. The van der Waals surface area contributed by atoms with Gasteiger partial charge in [0.1, 0.15) is 11.4 Å². The van der Waals surface area contributed by atoms with Gasteiger partial charge in [0.25, 0.3) is 0 Å². The Morgan fingerprint density at radius 1 is 1.26 bits per heavy atom. The number of rotatable bonds is 5. The van der Waals surface area contributed by atoms with E-state index in [-0.39, 0.29) is 18.6 Å². The molecule has 0 aliphatic heterocycles. The van der Waals surface area contributed by atoms with Crippen LogP contribution < -0.4 is 10.5 Å². The van der Waals surface area contributed by atoms with Crippen LogP contribution in [0.3, 0.4) is 0 Å². The lowest BCUT2D eigenvalue weighted by atomic mass is 10.1. The van der Waals surface area contributed by atoms with Crippen molar-refractivity contribution in [1.82, 2.24) is 0 Å². The smallest absolute Gasteiger partial charge is 0.344 e. The second-order valence-corrected chi connectivity index (χ2v) is 5.70. The fourth-order valence-electron chi connectivity index (χ4n) is 1.61. The average molecular weight is 265 g/mol. The summed E-state index contributed by atoms with van der Waals surface area (Å²) in [6.07, 6.45) is 0.826. The molecule has 0 saturated heterocycles. The average Bonchev–Trinajstić information content (AvgIpc) is 2.25. The number of nitrogens with two attached hydrogens (primary N) is 1. The maximum atomic E-state index is 11.5. The van der Waals surface area contributed by atoms with Crippen LogP contribution in [0.4, 0.5) is 0 Å². The molecule has 0 aromatic heterocycles.